The van der Waals surface area contributed by atoms with Gasteiger partial charge < -0.3 is 10.2 Å². The highest BCUT2D eigenvalue weighted by atomic mass is 35.5. The number of hydrogen-bond acceptors (Lipinski definition) is 3. The fraction of sp³-hybridized carbons (Fsp3) is 0.0714. The van der Waals surface area contributed by atoms with E-state index in [-0.39, 0.29) is 17.0 Å². The Morgan fingerprint density at radius 3 is 2.57 bits per heavy atom. The van der Waals surface area contributed by atoms with E-state index in [1.807, 2.05) is 0 Å². The van der Waals surface area contributed by atoms with Crippen LogP contribution in [0.15, 0.2) is 40.8 Å². The predicted molar refractivity (Wildman–Crippen MR) is 73.9 cm³/mol. The van der Waals surface area contributed by atoms with E-state index in [4.69, 9.17) is 21.8 Å². The highest BCUT2D eigenvalue weighted by molar-refractivity contribution is 6.31. The highest BCUT2D eigenvalue weighted by Crippen LogP contribution is 2.34. The van der Waals surface area contributed by atoms with Gasteiger partial charge in [0.2, 0.25) is 5.89 Å². The van der Waals surface area contributed by atoms with Crippen LogP contribution < -0.4 is 5.73 Å². The van der Waals surface area contributed by atoms with Crippen LogP contribution in [0.4, 0.5) is 18.9 Å². The van der Waals surface area contributed by atoms with Crippen molar-refractivity contribution in [3.63, 3.8) is 0 Å². The summed E-state index contributed by atoms with van der Waals surface area (Å²) in [5.41, 5.74) is 6.19. The molecule has 0 aliphatic heterocycles. The minimum absolute atomic E-state index is 0.110. The van der Waals surface area contributed by atoms with Crippen LogP contribution in [0.5, 0.6) is 0 Å². The van der Waals surface area contributed by atoms with E-state index in [9.17, 15) is 13.2 Å². The van der Waals surface area contributed by atoms with Crippen LogP contribution in [-0.4, -0.2) is 4.98 Å². The number of rotatable bonds is 1. The van der Waals surface area contributed by atoms with Crippen molar-refractivity contribution in [3.05, 3.63) is 47.0 Å². The number of benzene rings is 2. The monoisotopic (exact) mass is 312 g/mol. The summed E-state index contributed by atoms with van der Waals surface area (Å²) in [4.78, 5) is 4.05. The lowest BCUT2D eigenvalue weighted by atomic mass is 10.2. The Balaban J connectivity index is 2.15. The first-order chi connectivity index (χ1) is 9.84. The minimum atomic E-state index is -4.43. The summed E-state index contributed by atoms with van der Waals surface area (Å²) in [7, 11) is 0. The number of oxazole rings is 1. The fourth-order valence-electron chi connectivity index (χ4n) is 1.93. The first kappa shape index (κ1) is 13.8. The van der Waals surface area contributed by atoms with Crippen molar-refractivity contribution in [1.82, 2.24) is 4.98 Å². The quantitative estimate of drug-likeness (QED) is 0.660. The molecule has 0 saturated carbocycles. The molecule has 2 N–H and O–H groups in total. The molecule has 2 aromatic carbocycles. The molecule has 21 heavy (non-hydrogen) atoms. The maximum absolute atomic E-state index is 12.7. The average molecular weight is 313 g/mol. The summed E-state index contributed by atoms with van der Waals surface area (Å²) in [6, 6.07) is 7.84. The Morgan fingerprint density at radius 1 is 1.10 bits per heavy atom. The van der Waals surface area contributed by atoms with Crippen molar-refractivity contribution in [2.75, 3.05) is 5.73 Å². The van der Waals surface area contributed by atoms with Crippen LogP contribution in [-0.2, 0) is 6.18 Å². The first-order valence-electron chi connectivity index (χ1n) is 5.88. The summed E-state index contributed by atoms with van der Waals surface area (Å²) < 4.78 is 43.4. The van der Waals surface area contributed by atoms with E-state index in [1.54, 1.807) is 18.2 Å². The molecule has 7 heteroatoms. The van der Waals surface area contributed by atoms with Gasteiger partial charge in [0.1, 0.15) is 5.52 Å². The lowest BCUT2D eigenvalue weighted by Gasteiger charge is -2.04. The number of fused-ring (bicyclic) bond motifs is 1. The molecule has 1 aromatic heterocycles. The van der Waals surface area contributed by atoms with Crippen molar-refractivity contribution in [1.29, 1.82) is 0 Å². The summed E-state index contributed by atoms with van der Waals surface area (Å²) >= 11 is 5.88. The lowest BCUT2D eigenvalue weighted by Crippen LogP contribution is -2.03. The van der Waals surface area contributed by atoms with Gasteiger partial charge in [-0.25, -0.2) is 4.98 Å². The van der Waals surface area contributed by atoms with Crippen molar-refractivity contribution in [2.45, 2.75) is 6.18 Å². The molecule has 0 fully saturated rings. The summed E-state index contributed by atoms with van der Waals surface area (Å²) in [5, 5.41) is 0.428. The Kier molecular flexibility index (Phi) is 3.06. The van der Waals surface area contributed by atoms with Gasteiger partial charge >= 0.3 is 6.18 Å². The molecule has 0 spiro atoms. The minimum Gasteiger partial charge on any atom is -0.436 e. The number of hydrogen-bond donors (Lipinski definition) is 1. The number of anilines is 1. The molecule has 108 valence electrons. The molecular formula is C14H8ClF3N2O. The maximum Gasteiger partial charge on any atom is 0.416 e. The largest absolute Gasteiger partial charge is 0.436 e. The molecular weight excluding hydrogens is 305 g/mol. The van der Waals surface area contributed by atoms with E-state index < -0.39 is 11.7 Å². The molecule has 0 saturated heterocycles. The Labute approximate surface area is 122 Å². The zero-order chi connectivity index (χ0) is 15.2. The van der Waals surface area contributed by atoms with E-state index in [1.165, 1.54) is 6.07 Å². The lowest BCUT2D eigenvalue weighted by molar-refractivity contribution is -0.137. The molecule has 0 aliphatic rings. The van der Waals surface area contributed by atoms with E-state index >= 15 is 0 Å². The van der Waals surface area contributed by atoms with Gasteiger partial charge in [0, 0.05) is 10.7 Å². The molecule has 0 unspecified atom stereocenters. The van der Waals surface area contributed by atoms with Gasteiger partial charge in [0.15, 0.2) is 5.58 Å². The topological polar surface area (TPSA) is 52.0 Å². The van der Waals surface area contributed by atoms with Gasteiger partial charge in [-0.2, -0.15) is 13.2 Å². The Bertz CT molecular complexity index is 827. The van der Waals surface area contributed by atoms with Crippen LogP contribution in [0.3, 0.4) is 0 Å². The highest BCUT2D eigenvalue weighted by Gasteiger charge is 2.31. The second-order valence-corrected chi connectivity index (χ2v) is 4.87. The summed E-state index contributed by atoms with van der Waals surface area (Å²) in [5.74, 6) is 0.129. The number of halogens is 4. The predicted octanol–water partition coefficient (Wildman–Crippen LogP) is 4.75. The molecule has 3 nitrogen and oxygen atoms in total. The molecule has 0 radical (unpaired) electrons. The Morgan fingerprint density at radius 2 is 1.86 bits per heavy atom. The molecule has 3 aromatic rings. The third-order valence-electron chi connectivity index (χ3n) is 2.96. The summed E-state index contributed by atoms with van der Waals surface area (Å²) in [6.07, 6.45) is -4.43. The third-order valence-corrected chi connectivity index (χ3v) is 3.20. The van der Waals surface area contributed by atoms with Crippen LogP contribution >= 0.6 is 11.6 Å². The average Bonchev–Trinajstić information content (AvgIpc) is 2.83. The second kappa shape index (κ2) is 4.66. The number of nitrogen functional groups attached to an aromatic ring is 1. The van der Waals surface area contributed by atoms with Gasteiger partial charge in [-0.05, 0) is 36.4 Å². The number of nitrogens with two attached hydrogens (primary N) is 1. The normalized spacial score (nSPS) is 12.0. The number of alkyl halides is 3. The SMILES string of the molecule is Nc1ccc(Cl)cc1-c1nc2cc(C(F)(F)F)ccc2o1. The van der Waals surface area contributed by atoms with Gasteiger partial charge in [-0.1, -0.05) is 11.6 Å². The van der Waals surface area contributed by atoms with Gasteiger partial charge in [0.05, 0.1) is 11.1 Å². The molecule has 3 rings (SSSR count). The van der Waals surface area contributed by atoms with Crippen molar-refractivity contribution in [3.8, 4) is 11.5 Å². The van der Waals surface area contributed by atoms with Crippen LogP contribution in [0, 0.1) is 0 Å². The number of aromatic nitrogens is 1. The van der Waals surface area contributed by atoms with Crippen LogP contribution in [0.25, 0.3) is 22.6 Å². The van der Waals surface area contributed by atoms with E-state index in [0.29, 0.717) is 16.3 Å². The second-order valence-electron chi connectivity index (χ2n) is 4.43. The maximum atomic E-state index is 12.7. The number of nitrogens with zero attached hydrogens (tertiary/aromatic N) is 1. The zero-order valence-corrected chi connectivity index (χ0v) is 11.2. The van der Waals surface area contributed by atoms with Gasteiger partial charge in [-0.15, -0.1) is 0 Å². The summed E-state index contributed by atoms with van der Waals surface area (Å²) in [6.45, 7) is 0. The third kappa shape index (κ3) is 2.54. The van der Waals surface area contributed by atoms with E-state index in [2.05, 4.69) is 4.98 Å². The fourth-order valence-corrected chi connectivity index (χ4v) is 2.10. The zero-order valence-electron chi connectivity index (χ0n) is 10.4. The Hall–Kier alpha value is -2.21. The molecule has 0 aliphatic carbocycles. The van der Waals surface area contributed by atoms with Crippen molar-refractivity contribution >= 4 is 28.4 Å². The van der Waals surface area contributed by atoms with E-state index in [0.717, 1.165) is 12.1 Å². The van der Waals surface area contributed by atoms with Crippen LogP contribution in [0.2, 0.25) is 5.02 Å². The molecule has 0 bridgehead atoms. The molecule has 0 atom stereocenters. The van der Waals surface area contributed by atoms with Crippen molar-refractivity contribution in [2.24, 2.45) is 0 Å². The molecule has 0 amide bonds. The standard InChI is InChI=1S/C14H8ClF3N2O/c15-8-2-3-10(19)9(6-8)13-20-11-5-7(14(16,17)18)1-4-12(11)21-13/h1-6H,19H2. The smallest absolute Gasteiger partial charge is 0.416 e. The van der Waals surface area contributed by atoms with Crippen molar-refractivity contribution < 1.29 is 17.6 Å². The molecule has 1 heterocycles. The first-order valence-corrected chi connectivity index (χ1v) is 6.25. The van der Waals surface area contributed by atoms with Gasteiger partial charge in [-0.3, -0.25) is 0 Å². The van der Waals surface area contributed by atoms with Crippen LogP contribution in [0.1, 0.15) is 5.56 Å². The van der Waals surface area contributed by atoms with Gasteiger partial charge in [0.25, 0.3) is 0 Å².